The smallest absolute Gasteiger partial charge is 0.258 e. The number of anilines is 1. The zero-order valence-corrected chi connectivity index (χ0v) is 13.0. The molecule has 0 spiro atoms. The van der Waals surface area contributed by atoms with E-state index in [2.05, 4.69) is 31.6 Å². The van der Waals surface area contributed by atoms with Gasteiger partial charge >= 0.3 is 0 Å². The molecule has 5 N–H and O–H groups in total. The van der Waals surface area contributed by atoms with Gasteiger partial charge in [0.25, 0.3) is 5.95 Å². The number of aromatic nitrogens is 3. The third-order valence-corrected chi connectivity index (χ3v) is 4.44. The van der Waals surface area contributed by atoms with E-state index >= 15 is 0 Å². The van der Waals surface area contributed by atoms with Gasteiger partial charge in [-0.05, 0) is 24.6 Å². The van der Waals surface area contributed by atoms with Crippen LogP contribution in [0.5, 0.6) is 0 Å². The van der Waals surface area contributed by atoms with Gasteiger partial charge in [0.15, 0.2) is 5.78 Å². The van der Waals surface area contributed by atoms with Gasteiger partial charge in [-0.15, -0.1) is 10.2 Å². The van der Waals surface area contributed by atoms with Crippen molar-refractivity contribution in [3.05, 3.63) is 33.8 Å². The number of thioether (sulfide) groups is 1. The molecule has 1 aromatic heterocycles. The van der Waals surface area contributed by atoms with E-state index in [0.717, 1.165) is 10.0 Å². The molecule has 0 aliphatic carbocycles. The summed E-state index contributed by atoms with van der Waals surface area (Å²) < 4.78 is 2.17. The molecule has 0 saturated carbocycles. The first kappa shape index (κ1) is 14.8. The quantitative estimate of drug-likeness (QED) is 0.320. The Morgan fingerprint density at radius 1 is 1.50 bits per heavy atom. The third kappa shape index (κ3) is 3.11. The number of ketones is 1. The molecular formula is C11H13BrN6OS. The topological polar surface area (TPSA) is 112 Å². The molecule has 7 nitrogen and oxygen atoms in total. The number of Topliss-reactive ketones (excluding diaryl/α,β-unsaturated/α-hetero) is 1. The van der Waals surface area contributed by atoms with E-state index in [1.54, 1.807) is 6.07 Å². The van der Waals surface area contributed by atoms with E-state index in [1.807, 2.05) is 19.1 Å². The number of aryl methyl sites for hydroxylation is 1. The monoisotopic (exact) mass is 356 g/mol. The predicted octanol–water partition coefficient (Wildman–Crippen LogP) is 1.32. The van der Waals surface area contributed by atoms with Gasteiger partial charge in [-0.2, -0.15) is 0 Å². The molecule has 0 fully saturated rings. The molecule has 0 aliphatic heterocycles. The number of nitrogen functional groups attached to an aromatic ring is 2. The van der Waals surface area contributed by atoms with Crippen molar-refractivity contribution in [1.29, 1.82) is 0 Å². The van der Waals surface area contributed by atoms with Crippen molar-refractivity contribution in [2.45, 2.75) is 12.1 Å². The Hall–Kier alpha value is -1.58. The van der Waals surface area contributed by atoms with E-state index in [0.29, 0.717) is 10.7 Å². The summed E-state index contributed by atoms with van der Waals surface area (Å²) in [5.41, 5.74) is 3.97. The molecule has 0 atom stereocenters. The number of halogens is 1. The zero-order chi connectivity index (χ0) is 14.7. The van der Waals surface area contributed by atoms with E-state index in [9.17, 15) is 4.79 Å². The Bertz CT molecular complexity index is 644. The maximum absolute atomic E-state index is 12.1. The minimum atomic E-state index is -0.00384. The Morgan fingerprint density at radius 2 is 2.25 bits per heavy atom. The van der Waals surface area contributed by atoms with Gasteiger partial charge < -0.3 is 5.84 Å². The summed E-state index contributed by atoms with van der Waals surface area (Å²) in [6.45, 7) is 1.93. The fourth-order valence-electron chi connectivity index (χ4n) is 1.51. The summed E-state index contributed by atoms with van der Waals surface area (Å²) in [4.78, 5) is 12.1. The van der Waals surface area contributed by atoms with Crippen LogP contribution in [0.15, 0.2) is 27.8 Å². The average Bonchev–Trinajstić information content (AvgIpc) is 2.79. The number of carbonyl (C=O) groups excluding carboxylic acids is 1. The van der Waals surface area contributed by atoms with Crippen LogP contribution in [0.4, 0.5) is 5.95 Å². The summed E-state index contributed by atoms with van der Waals surface area (Å²) in [5, 5.41) is 7.97. The molecule has 2 rings (SSSR count). The fraction of sp³-hybridized carbons (Fsp3) is 0.182. The molecule has 0 unspecified atom stereocenters. The van der Waals surface area contributed by atoms with E-state index in [-0.39, 0.29) is 17.5 Å². The summed E-state index contributed by atoms with van der Waals surface area (Å²) in [6, 6.07) is 5.47. The second kappa shape index (κ2) is 6.25. The van der Waals surface area contributed by atoms with Crippen molar-refractivity contribution in [2.24, 2.45) is 5.84 Å². The third-order valence-electron chi connectivity index (χ3n) is 2.61. The average molecular weight is 357 g/mol. The highest BCUT2D eigenvalue weighted by atomic mass is 79.9. The highest BCUT2D eigenvalue weighted by molar-refractivity contribution is 9.10. The van der Waals surface area contributed by atoms with Crippen LogP contribution in [0, 0.1) is 6.92 Å². The molecule has 0 bridgehead atoms. The second-order valence-corrected chi connectivity index (χ2v) is 5.79. The van der Waals surface area contributed by atoms with Crippen LogP contribution in [0.3, 0.4) is 0 Å². The van der Waals surface area contributed by atoms with Gasteiger partial charge in [0.1, 0.15) is 0 Å². The molecule has 2 aromatic rings. The van der Waals surface area contributed by atoms with Crippen LogP contribution >= 0.6 is 27.7 Å². The van der Waals surface area contributed by atoms with Crippen molar-refractivity contribution in [3.8, 4) is 0 Å². The predicted molar refractivity (Wildman–Crippen MR) is 81.9 cm³/mol. The van der Waals surface area contributed by atoms with Crippen LogP contribution in [0.2, 0.25) is 0 Å². The Labute approximate surface area is 128 Å². The Kier molecular flexibility index (Phi) is 4.63. The molecule has 1 aromatic carbocycles. The molecule has 20 heavy (non-hydrogen) atoms. The Balaban J connectivity index is 2.04. The zero-order valence-electron chi connectivity index (χ0n) is 10.6. The van der Waals surface area contributed by atoms with Crippen LogP contribution < -0.4 is 17.1 Å². The number of hydrogen-bond donors (Lipinski definition) is 3. The van der Waals surface area contributed by atoms with Gasteiger partial charge in [-0.1, -0.05) is 33.8 Å². The number of nitrogens with one attached hydrogen (secondary N) is 1. The summed E-state index contributed by atoms with van der Waals surface area (Å²) in [7, 11) is 0. The number of hydrazine groups is 1. The van der Waals surface area contributed by atoms with Crippen molar-refractivity contribution in [1.82, 2.24) is 14.9 Å². The van der Waals surface area contributed by atoms with Crippen molar-refractivity contribution in [3.63, 3.8) is 0 Å². The summed E-state index contributed by atoms with van der Waals surface area (Å²) in [6.07, 6.45) is 0. The summed E-state index contributed by atoms with van der Waals surface area (Å²) in [5.74, 6) is 11.4. The largest absolute Gasteiger partial charge is 0.334 e. The maximum Gasteiger partial charge on any atom is 0.258 e. The minimum absolute atomic E-state index is 0.00384. The van der Waals surface area contributed by atoms with Crippen molar-refractivity contribution >= 4 is 39.4 Å². The molecular weight excluding hydrogens is 344 g/mol. The minimum Gasteiger partial charge on any atom is -0.334 e. The van der Waals surface area contributed by atoms with Gasteiger partial charge in [0.05, 0.1) is 5.75 Å². The van der Waals surface area contributed by atoms with Crippen LogP contribution in [0.1, 0.15) is 15.9 Å². The molecule has 0 aliphatic rings. The van der Waals surface area contributed by atoms with E-state index in [1.165, 1.54) is 16.4 Å². The maximum atomic E-state index is 12.1. The lowest BCUT2D eigenvalue weighted by atomic mass is 10.1. The number of nitrogens with zero attached hydrogens (tertiary/aromatic N) is 3. The van der Waals surface area contributed by atoms with Gasteiger partial charge in [0.2, 0.25) is 5.16 Å². The van der Waals surface area contributed by atoms with Gasteiger partial charge in [-0.25, -0.2) is 10.5 Å². The SMILES string of the molecule is Cc1cc(C(=O)CSc2nnc(NN)n2N)ccc1Br. The van der Waals surface area contributed by atoms with Crippen LogP contribution in [-0.2, 0) is 0 Å². The molecule has 0 radical (unpaired) electrons. The van der Waals surface area contributed by atoms with Crippen LogP contribution in [-0.4, -0.2) is 26.4 Å². The standard InChI is InChI=1S/C11H13BrN6OS/c1-6-4-7(2-3-8(6)12)9(19)5-20-11-17-16-10(15-13)18(11)14/h2-4H,5,13-14H2,1H3,(H,15,16). The lowest BCUT2D eigenvalue weighted by Crippen LogP contribution is -2.19. The molecule has 106 valence electrons. The number of rotatable bonds is 5. The first-order valence-electron chi connectivity index (χ1n) is 5.62. The first-order valence-corrected chi connectivity index (χ1v) is 7.40. The molecule has 0 amide bonds. The number of carbonyl (C=O) groups is 1. The van der Waals surface area contributed by atoms with E-state index in [4.69, 9.17) is 11.7 Å². The summed E-state index contributed by atoms with van der Waals surface area (Å²) >= 11 is 4.60. The lowest BCUT2D eigenvalue weighted by Gasteiger charge is -2.04. The van der Waals surface area contributed by atoms with Crippen molar-refractivity contribution < 1.29 is 4.79 Å². The Morgan fingerprint density at radius 3 is 2.85 bits per heavy atom. The van der Waals surface area contributed by atoms with Crippen LogP contribution in [0.25, 0.3) is 0 Å². The number of nitrogens with two attached hydrogens (primary N) is 2. The number of benzene rings is 1. The van der Waals surface area contributed by atoms with Crippen molar-refractivity contribution in [2.75, 3.05) is 17.0 Å². The highest BCUT2D eigenvalue weighted by Crippen LogP contribution is 2.21. The first-order chi connectivity index (χ1) is 9.52. The van der Waals surface area contributed by atoms with Gasteiger partial charge in [-0.3, -0.25) is 10.2 Å². The fourth-order valence-corrected chi connectivity index (χ4v) is 2.50. The highest BCUT2D eigenvalue weighted by Gasteiger charge is 2.13. The van der Waals surface area contributed by atoms with E-state index < -0.39 is 0 Å². The molecule has 9 heteroatoms. The molecule has 0 saturated heterocycles. The lowest BCUT2D eigenvalue weighted by molar-refractivity contribution is 0.102. The molecule has 1 heterocycles. The normalized spacial score (nSPS) is 10.6. The van der Waals surface area contributed by atoms with Gasteiger partial charge in [0, 0.05) is 10.0 Å². The number of hydrogen-bond acceptors (Lipinski definition) is 7. The second-order valence-electron chi connectivity index (χ2n) is 4.00.